The lowest BCUT2D eigenvalue weighted by atomic mass is 10.3. The maximum atomic E-state index is 11.4. The van der Waals surface area contributed by atoms with Crippen LogP contribution in [-0.2, 0) is 10.1 Å². The Morgan fingerprint density at radius 3 is 2.53 bits per heavy atom. The summed E-state index contributed by atoms with van der Waals surface area (Å²) in [6, 6.07) is 5.85. The highest BCUT2D eigenvalue weighted by atomic mass is 32.2. The van der Waals surface area contributed by atoms with Crippen LogP contribution in [-0.4, -0.2) is 39.7 Å². The molecule has 0 aromatic heterocycles. The van der Waals surface area contributed by atoms with Crippen molar-refractivity contribution < 1.29 is 17.4 Å². The normalized spacial score (nSPS) is 10.8. The fourth-order valence-corrected chi connectivity index (χ4v) is 1.49. The maximum Gasteiger partial charge on any atom is 0.321 e. The number of benzene rings is 1. The first-order valence-electron chi connectivity index (χ1n) is 4.76. The molecule has 1 N–H and O–H groups in total. The van der Waals surface area contributed by atoms with E-state index in [0.717, 1.165) is 6.26 Å². The zero-order chi connectivity index (χ0) is 13.1. The molecule has 2 amide bonds. The lowest BCUT2D eigenvalue weighted by Gasteiger charge is -2.12. The highest BCUT2D eigenvalue weighted by Gasteiger charge is 2.07. The molecule has 0 saturated heterocycles. The summed E-state index contributed by atoms with van der Waals surface area (Å²) in [5.41, 5.74) is 0.463. The van der Waals surface area contributed by atoms with E-state index < -0.39 is 10.1 Å². The van der Waals surface area contributed by atoms with Crippen LogP contribution in [0, 0.1) is 0 Å². The van der Waals surface area contributed by atoms with Gasteiger partial charge in [0.05, 0.1) is 6.26 Å². The number of hydrogen-bond acceptors (Lipinski definition) is 4. The molecule has 0 heterocycles. The fraction of sp³-hybridized carbons (Fsp3) is 0.300. The fourth-order valence-electron chi connectivity index (χ4n) is 1.04. The average molecular weight is 258 g/mol. The Hall–Kier alpha value is -1.76. The number of amides is 2. The molecule has 7 heteroatoms. The summed E-state index contributed by atoms with van der Waals surface area (Å²) in [5, 5.41) is 2.58. The number of hydrogen-bond donors (Lipinski definition) is 1. The van der Waals surface area contributed by atoms with E-state index in [1.165, 1.54) is 17.0 Å². The Morgan fingerprint density at radius 1 is 1.35 bits per heavy atom. The summed E-state index contributed by atoms with van der Waals surface area (Å²) in [5.74, 6) is 0.157. The van der Waals surface area contributed by atoms with Gasteiger partial charge in [0.2, 0.25) is 0 Å². The first-order valence-corrected chi connectivity index (χ1v) is 6.57. The van der Waals surface area contributed by atoms with Crippen molar-refractivity contribution in [3.8, 4) is 5.75 Å². The Morgan fingerprint density at radius 2 is 2.00 bits per heavy atom. The average Bonchev–Trinajstić information content (AvgIpc) is 2.15. The van der Waals surface area contributed by atoms with Crippen LogP contribution in [0.3, 0.4) is 0 Å². The van der Waals surface area contributed by atoms with Gasteiger partial charge in [0, 0.05) is 25.8 Å². The van der Waals surface area contributed by atoms with Crippen LogP contribution in [0.5, 0.6) is 5.75 Å². The minimum absolute atomic E-state index is 0.157. The second kappa shape index (κ2) is 5.05. The van der Waals surface area contributed by atoms with Crippen molar-refractivity contribution in [1.29, 1.82) is 0 Å². The molecule has 0 spiro atoms. The van der Waals surface area contributed by atoms with Crippen molar-refractivity contribution in [2.75, 3.05) is 25.7 Å². The van der Waals surface area contributed by atoms with E-state index in [1.807, 2.05) is 0 Å². The molecule has 6 nitrogen and oxygen atoms in total. The quantitative estimate of drug-likeness (QED) is 0.824. The van der Waals surface area contributed by atoms with Gasteiger partial charge in [0.1, 0.15) is 5.75 Å². The third kappa shape index (κ3) is 4.73. The van der Waals surface area contributed by atoms with Crippen LogP contribution in [0.1, 0.15) is 0 Å². The highest BCUT2D eigenvalue weighted by Crippen LogP contribution is 2.18. The number of nitrogens with one attached hydrogen (secondary N) is 1. The number of carbonyl (C=O) groups is 1. The Kier molecular flexibility index (Phi) is 3.95. The molecule has 0 bridgehead atoms. The first-order chi connectivity index (χ1) is 7.78. The largest absolute Gasteiger partial charge is 0.383 e. The van der Waals surface area contributed by atoms with Gasteiger partial charge in [-0.25, -0.2) is 4.79 Å². The molecule has 0 aliphatic carbocycles. The van der Waals surface area contributed by atoms with E-state index in [1.54, 1.807) is 26.2 Å². The Labute approximate surface area is 100 Å². The minimum Gasteiger partial charge on any atom is -0.383 e. The Bertz CT molecular complexity index is 511. The molecule has 0 aliphatic rings. The number of nitrogens with zero attached hydrogens (tertiary/aromatic N) is 1. The standard InChI is InChI=1S/C10H14N2O4S/c1-12(2)10(13)11-8-5-4-6-9(7-8)16-17(3,14)15/h4-7H,1-3H3,(H,11,13). The topological polar surface area (TPSA) is 75.7 Å². The third-order valence-corrected chi connectivity index (χ3v) is 2.23. The van der Waals surface area contributed by atoms with Crippen LogP contribution in [0.4, 0.5) is 10.5 Å². The van der Waals surface area contributed by atoms with Crippen molar-refractivity contribution in [3.63, 3.8) is 0 Å². The smallest absolute Gasteiger partial charge is 0.321 e. The molecule has 1 aromatic carbocycles. The van der Waals surface area contributed by atoms with Gasteiger partial charge in [-0.15, -0.1) is 0 Å². The molecule has 0 radical (unpaired) electrons. The van der Waals surface area contributed by atoms with E-state index in [4.69, 9.17) is 4.18 Å². The summed E-state index contributed by atoms with van der Waals surface area (Å²) in [4.78, 5) is 12.7. The molecule has 17 heavy (non-hydrogen) atoms. The summed E-state index contributed by atoms with van der Waals surface area (Å²) >= 11 is 0. The molecule has 0 fully saturated rings. The summed E-state index contributed by atoms with van der Waals surface area (Å²) in [6.45, 7) is 0. The van der Waals surface area contributed by atoms with Crippen LogP contribution in [0.2, 0.25) is 0 Å². The van der Waals surface area contributed by atoms with Gasteiger partial charge in [-0.2, -0.15) is 8.42 Å². The van der Waals surface area contributed by atoms with Gasteiger partial charge in [0.25, 0.3) is 0 Å². The predicted octanol–water partition coefficient (Wildman–Crippen LogP) is 1.12. The van der Waals surface area contributed by atoms with Gasteiger partial charge in [-0.3, -0.25) is 0 Å². The van der Waals surface area contributed by atoms with Crippen LogP contribution < -0.4 is 9.50 Å². The molecule has 0 unspecified atom stereocenters. The second-order valence-corrected chi connectivity index (χ2v) is 5.21. The molecule has 0 atom stereocenters. The monoisotopic (exact) mass is 258 g/mol. The summed E-state index contributed by atoms with van der Waals surface area (Å²) in [6.07, 6.45) is 0.956. The van der Waals surface area contributed by atoms with E-state index in [-0.39, 0.29) is 11.8 Å². The SMILES string of the molecule is CN(C)C(=O)Nc1cccc(OS(C)(=O)=O)c1. The number of carbonyl (C=O) groups excluding carboxylic acids is 1. The predicted molar refractivity (Wildman–Crippen MR) is 64.6 cm³/mol. The van der Waals surface area contributed by atoms with E-state index >= 15 is 0 Å². The number of rotatable bonds is 3. The highest BCUT2D eigenvalue weighted by molar-refractivity contribution is 7.86. The number of anilines is 1. The lowest BCUT2D eigenvalue weighted by Crippen LogP contribution is -2.27. The van der Waals surface area contributed by atoms with Crippen LogP contribution in [0.25, 0.3) is 0 Å². The molecular weight excluding hydrogens is 244 g/mol. The minimum atomic E-state index is -3.56. The van der Waals surface area contributed by atoms with Crippen molar-refractivity contribution in [2.24, 2.45) is 0 Å². The van der Waals surface area contributed by atoms with Crippen molar-refractivity contribution in [3.05, 3.63) is 24.3 Å². The zero-order valence-electron chi connectivity index (χ0n) is 9.80. The van der Waals surface area contributed by atoms with Gasteiger partial charge >= 0.3 is 16.1 Å². The van der Waals surface area contributed by atoms with Gasteiger partial charge in [0.15, 0.2) is 0 Å². The first kappa shape index (κ1) is 13.3. The molecule has 1 rings (SSSR count). The van der Waals surface area contributed by atoms with E-state index in [9.17, 15) is 13.2 Å². The lowest BCUT2D eigenvalue weighted by molar-refractivity contribution is 0.230. The zero-order valence-corrected chi connectivity index (χ0v) is 10.6. The molecule has 0 saturated carbocycles. The molecular formula is C10H14N2O4S. The van der Waals surface area contributed by atoms with E-state index in [0.29, 0.717) is 5.69 Å². The van der Waals surface area contributed by atoms with E-state index in [2.05, 4.69) is 5.32 Å². The summed E-state index contributed by atoms with van der Waals surface area (Å²) < 4.78 is 26.5. The van der Waals surface area contributed by atoms with Crippen molar-refractivity contribution >= 4 is 21.8 Å². The van der Waals surface area contributed by atoms with Gasteiger partial charge in [-0.05, 0) is 12.1 Å². The summed E-state index contributed by atoms with van der Waals surface area (Å²) in [7, 11) is -0.355. The maximum absolute atomic E-state index is 11.4. The molecule has 1 aromatic rings. The second-order valence-electron chi connectivity index (χ2n) is 3.64. The Balaban J connectivity index is 2.83. The molecule has 94 valence electrons. The van der Waals surface area contributed by atoms with Crippen molar-refractivity contribution in [1.82, 2.24) is 4.90 Å². The van der Waals surface area contributed by atoms with Crippen molar-refractivity contribution in [2.45, 2.75) is 0 Å². The van der Waals surface area contributed by atoms with Gasteiger partial charge in [-0.1, -0.05) is 6.07 Å². The molecule has 0 aliphatic heterocycles. The number of urea groups is 1. The van der Waals surface area contributed by atoms with Crippen LogP contribution in [0.15, 0.2) is 24.3 Å². The van der Waals surface area contributed by atoms with Crippen LogP contribution >= 0.6 is 0 Å². The van der Waals surface area contributed by atoms with Gasteiger partial charge < -0.3 is 14.4 Å². The third-order valence-electron chi connectivity index (χ3n) is 1.74.